The molecule has 3 rings (SSSR count). The molecule has 4 heteroatoms. The zero-order valence-electron chi connectivity index (χ0n) is 14.0. The number of rotatable bonds is 8. The lowest BCUT2D eigenvalue weighted by Crippen LogP contribution is -2.34. The van der Waals surface area contributed by atoms with Crippen LogP contribution in [0.4, 0.5) is 0 Å². The molecule has 0 unspecified atom stereocenters. The van der Waals surface area contributed by atoms with E-state index >= 15 is 0 Å². The second-order valence-corrected chi connectivity index (χ2v) is 5.86. The van der Waals surface area contributed by atoms with Crippen molar-refractivity contribution in [3.05, 3.63) is 90.1 Å². The van der Waals surface area contributed by atoms with Gasteiger partial charge in [0, 0.05) is 24.8 Å². The molecular weight excluding hydrogens is 312 g/mol. The third-order valence-electron chi connectivity index (χ3n) is 3.92. The van der Waals surface area contributed by atoms with E-state index in [1.165, 1.54) is 5.56 Å². The van der Waals surface area contributed by atoms with Gasteiger partial charge in [0.05, 0.1) is 6.61 Å². The molecule has 3 aromatic rings. The Kier molecular flexibility index (Phi) is 6.15. The summed E-state index contributed by atoms with van der Waals surface area (Å²) in [5.41, 5.74) is 2.35. The molecule has 0 saturated heterocycles. The van der Waals surface area contributed by atoms with E-state index in [-0.39, 0.29) is 12.6 Å². The summed E-state index contributed by atoms with van der Waals surface area (Å²) in [6, 6.07) is 23.7. The largest absolute Gasteiger partial charge is 0.439 e. The highest BCUT2D eigenvalue weighted by molar-refractivity contribution is 5.30. The molecule has 0 bridgehead atoms. The molecular formula is C21H22N2O2. The summed E-state index contributed by atoms with van der Waals surface area (Å²) in [4.78, 5) is 4.15. The van der Waals surface area contributed by atoms with Crippen LogP contribution in [0.15, 0.2) is 79.0 Å². The minimum atomic E-state index is 0.0164. The third kappa shape index (κ3) is 5.41. The molecule has 0 fully saturated rings. The molecule has 0 aliphatic rings. The first kappa shape index (κ1) is 17.1. The molecule has 128 valence electrons. The number of hydrogen-bond donors (Lipinski definition) is 2. The van der Waals surface area contributed by atoms with Gasteiger partial charge in [-0.15, -0.1) is 0 Å². The second-order valence-electron chi connectivity index (χ2n) is 5.86. The van der Waals surface area contributed by atoms with Crippen molar-refractivity contribution in [3.8, 4) is 11.6 Å². The minimum absolute atomic E-state index is 0.0164. The Morgan fingerprint density at radius 2 is 1.64 bits per heavy atom. The van der Waals surface area contributed by atoms with Crippen molar-refractivity contribution in [2.24, 2.45) is 0 Å². The number of aromatic nitrogens is 1. The molecule has 1 atom stereocenters. The van der Waals surface area contributed by atoms with E-state index in [1.54, 1.807) is 6.20 Å². The van der Waals surface area contributed by atoms with Crippen molar-refractivity contribution in [2.45, 2.75) is 19.0 Å². The summed E-state index contributed by atoms with van der Waals surface area (Å²) in [6.45, 7) is 0.839. The highest BCUT2D eigenvalue weighted by Crippen LogP contribution is 2.19. The Balaban J connectivity index is 1.54. The summed E-state index contributed by atoms with van der Waals surface area (Å²) >= 11 is 0. The normalized spacial score (nSPS) is 11.9. The molecule has 1 heterocycles. The number of nitrogens with one attached hydrogen (secondary N) is 1. The van der Waals surface area contributed by atoms with E-state index < -0.39 is 0 Å². The zero-order valence-corrected chi connectivity index (χ0v) is 14.0. The number of pyridine rings is 1. The van der Waals surface area contributed by atoms with Crippen LogP contribution < -0.4 is 10.1 Å². The van der Waals surface area contributed by atoms with Gasteiger partial charge in [-0.2, -0.15) is 0 Å². The van der Waals surface area contributed by atoms with Gasteiger partial charge >= 0.3 is 0 Å². The van der Waals surface area contributed by atoms with Gasteiger partial charge in [0.15, 0.2) is 0 Å². The Hall–Kier alpha value is -2.69. The number of aliphatic hydroxyl groups excluding tert-OH is 1. The first-order valence-electron chi connectivity index (χ1n) is 8.39. The third-order valence-corrected chi connectivity index (χ3v) is 3.92. The lowest BCUT2D eigenvalue weighted by Gasteiger charge is -2.16. The average Bonchev–Trinajstić information content (AvgIpc) is 2.68. The smallest absolute Gasteiger partial charge is 0.219 e. The molecule has 0 aliphatic carbocycles. The fraction of sp³-hybridized carbons (Fsp3) is 0.190. The molecule has 2 aromatic carbocycles. The van der Waals surface area contributed by atoms with E-state index in [0.717, 1.165) is 24.3 Å². The van der Waals surface area contributed by atoms with Gasteiger partial charge in [-0.1, -0.05) is 48.5 Å². The zero-order chi connectivity index (χ0) is 17.3. The van der Waals surface area contributed by atoms with Gasteiger partial charge in [0.25, 0.3) is 0 Å². The van der Waals surface area contributed by atoms with Crippen LogP contribution in [0.2, 0.25) is 0 Å². The molecule has 1 aromatic heterocycles. The first-order chi connectivity index (χ1) is 12.3. The van der Waals surface area contributed by atoms with E-state index in [0.29, 0.717) is 5.88 Å². The molecule has 0 spiro atoms. The Labute approximate surface area is 148 Å². The predicted molar refractivity (Wildman–Crippen MR) is 98.6 cm³/mol. The standard InChI is InChI=1S/C21H22N2O2/c24-16-19(23-15-18-6-2-1-3-7-18)14-17-9-11-20(12-10-17)25-21-8-4-5-13-22-21/h1-13,19,23-24H,14-16H2/t19-/m0/s1. The molecule has 2 N–H and O–H groups in total. The molecule has 0 amide bonds. The van der Waals surface area contributed by atoms with Crippen LogP contribution in [-0.2, 0) is 13.0 Å². The number of ether oxygens (including phenoxy) is 1. The maximum Gasteiger partial charge on any atom is 0.219 e. The second kappa shape index (κ2) is 8.97. The quantitative estimate of drug-likeness (QED) is 0.661. The van der Waals surface area contributed by atoms with Crippen LogP contribution in [0.1, 0.15) is 11.1 Å². The fourth-order valence-electron chi connectivity index (χ4n) is 2.57. The fourth-order valence-corrected chi connectivity index (χ4v) is 2.57. The van der Waals surface area contributed by atoms with Gasteiger partial charge in [0.2, 0.25) is 5.88 Å². The topological polar surface area (TPSA) is 54.4 Å². The molecule has 0 saturated carbocycles. The van der Waals surface area contributed by atoms with Crippen molar-refractivity contribution in [1.82, 2.24) is 10.3 Å². The maximum absolute atomic E-state index is 9.62. The van der Waals surface area contributed by atoms with Gasteiger partial charge < -0.3 is 15.2 Å². The highest BCUT2D eigenvalue weighted by atomic mass is 16.5. The highest BCUT2D eigenvalue weighted by Gasteiger charge is 2.08. The maximum atomic E-state index is 9.62. The molecule has 0 radical (unpaired) electrons. The van der Waals surface area contributed by atoms with Crippen molar-refractivity contribution in [3.63, 3.8) is 0 Å². The van der Waals surface area contributed by atoms with E-state index in [2.05, 4.69) is 22.4 Å². The van der Waals surface area contributed by atoms with Gasteiger partial charge in [-0.05, 0) is 35.7 Å². The van der Waals surface area contributed by atoms with Crippen molar-refractivity contribution >= 4 is 0 Å². The van der Waals surface area contributed by atoms with Gasteiger partial charge in [0.1, 0.15) is 5.75 Å². The first-order valence-corrected chi connectivity index (χ1v) is 8.39. The SMILES string of the molecule is OC[C@H](Cc1ccc(Oc2ccccn2)cc1)NCc1ccccc1. The Morgan fingerprint density at radius 3 is 2.32 bits per heavy atom. The number of hydrogen-bond acceptors (Lipinski definition) is 4. The minimum Gasteiger partial charge on any atom is -0.439 e. The number of aliphatic hydroxyl groups is 1. The van der Waals surface area contributed by atoms with Crippen LogP contribution in [0.25, 0.3) is 0 Å². The summed E-state index contributed by atoms with van der Waals surface area (Å²) in [7, 11) is 0. The summed E-state index contributed by atoms with van der Waals surface area (Å²) < 4.78 is 5.69. The van der Waals surface area contributed by atoms with Crippen molar-refractivity contribution in [1.29, 1.82) is 0 Å². The van der Waals surface area contributed by atoms with E-state index in [4.69, 9.17) is 4.74 Å². The van der Waals surface area contributed by atoms with Crippen LogP contribution in [-0.4, -0.2) is 22.7 Å². The van der Waals surface area contributed by atoms with Gasteiger partial charge in [-0.3, -0.25) is 0 Å². The van der Waals surface area contributed by atoms with E-state index in [9.17, 15) is 5.11 Å². The van der Waals surface area contributed by atoms with Crippen molar-refractivity contribution in [2.75, 3.05) is 6.61 Å². The monoisotopic (exact) mass is 334 g/mol. The Morgan fingerprint density at radius 1 is 0.880 bits per heavy atom. The summed E-state index contributed by atoms with van der Waals surface area (Å²) in [6.07, 6.45) is 2.46. The summed E-state index contributed by atoms with van der Waals surface area (Å²) in [5.74, 6) is 1.33. The van der Waals surface area contributed by atoms with Gasteiger partial charge in [-0.25, -0.2) is 4.98 Å². The van der Waals surface area contributed by atoms with Crippen molar-refractivity contribution < 1.29 is 9.84 Å². The van der Waals surface area contributed by atoms with Crippen LogP contribution >= 0.6 is 0 Å². The van der Waals surface area contributed by atoms with Crippen LogP contribution in [0.3, 0.4) is 0 Å². The predicted octanol–water partition coefficient (Wildman–Crippen LogP) is 3.57. The molecule has 0 aliphatic heterocycles. The molecule has 4 nitrogen and oxygen atoms in total. The lowest BCUT2D eigenvalue weighted by atomic mass is 10.1. The van der Waals surface area contributed by atoms with Crippen LogP contribution in [0, 0.1) is 0 Å². The van der Waals surface area contributed by atoms with Crippen LogP contribution in [0.5, 0.6) is 11.6 Å². The Bertz CT molecular complexity index is 746. The molecule has 25 heavy (non-hydrogen) atoms. The number of nitrogens with zero attached hydrogens (tertiary/aromatic N) is 1. The lowest BCUT2D eigenvalue weighted by molar-refractivity contribution is 0.241. The summed E-state index contributed by atoms with van der Waals surface area (Å²) in [5, 5.41) is 13.0. The number of benzene rings is 2. The van der Waals surface area contributed by atoms with E-state index in [1.807, 2.05) is 60.7 Å². The average molecular weight is 334 g/mol.